The molecule has 0 aromatic rings. The first-order valence-corrected chi connectivity index (χ1v) is 14.6. The molecular weight excluding hydrogens is 394 g/mol. The minimum absolute atomic E-state index is 0.0142. The minimum Gasteiger partial charge on any atom is -0.465 e. The van der Waals surface area contributed by atoms with Gasteiger partial charge in [-0.3, -0.25) is 9.69 Å². The Kier molecular flexibility index (Phi) is 26.2. The Morgan fingerprint density at radius 3 is 1.25 bits per heavy atom. The number of esters is 1. The van der Waals surface area contributed by atoms with E-state index in [0.717, 1.165) is 19.5 Å². The quantitative estimate of drug-likeness (QED) is 0.0965. The van der Waals surface area contributed by atoms with Gasteiger partial charge in [0, 0.05) is 0 Å². The van der Waals surface area contributed by atoms with Crippen LogP contribution in [0.1, 0.15) is 156 Å². The van der Waals surface area contributed by atoms with Crippen molar-refractivity contribution in [3.63, 3.8) is 0 Å². The summed E-state index contributed by atoms with van der Waals surface area (Å²) in [5.74, 6) is -0.0142. The van der Waals surface area contributed by atoms with Crippen LogP contribution in [0.15, 0.2) is 0 Å². The molecule has 0 aliphatic heterocycles. The molecule has 0 N–H and O–H groups in total. The molecule has 0 aromatic heterocycles. The van der Waals surface area contributed by atoms with Crippen LogP contribution in [0.3, 0.4) is 0 Å². The molecule has 0 rings (SSSR count). The van der Waals surface area contributed by atoms with E-state index in [1.165, 1.54) is 128 Å². The second-order valence-electron chi connectivity index (χ2n) is 9.86. The molecule has 0 atom stereocenters. The highest BCUT2D eigenvalue weighted by Gasteiger charge is 2.11. The Morgan fingerprint density at radius 1 is 0.500 bits per heavy atom. The second-order valence-corrected chi connectivity index (χ2v) is 9.86. The summed E-state index contributed by atoms with van der Waals surface area (Å²) in [6.45, 7) is 9.98. The molecule has 0 aliphatic rings. The number of hydrogen-bond acceptors (Lipinski definition) is 3. The van der Waals surface area contributed by atoms with E-state index in [1.807, 2.05) is 0 Å². The van der Waals surface area contributed by atoms with Crippen LogP contribution in [0.25, 0.3) is 0 Å². The van der Waals surface area contributed by atoms with E-state index >= 15 is 0 Å². The van der Waals surface area contributed by atoms with Crippen molar-refractivity contribution >= 4 is 5.97 Å². The van der Waals surface area contributed by atoms with Gasteiger partial charge < -0.3 is 4.74 Å². The van der Waals surface area contributed by atoms with Gasteiger partial charge in [0.2, 0.25) is 0 Å². The van der Waals surface area contributed by atoms with Crippen molar-refractivity contribution in [1.82, 2.24) is 4.90 Å². The third kappa shape index (κ3) is 24.1. The van der Waals surface area contributed by atoms with Gasteiger partial charge in [0.15, 0.2) is 0 Å². The van der Waals surface area contributed by atoms with Crippen molar-refractivity contribution in [1.29, 1.82) is 0 Å². The molecule has 0 saturated heterocycles. The summed E-state index contributed by atoms with van der Waals surface area (Å²) in [5, 5.41) is 0. The molecule has 0 aromatic carbocycles. The number of ether oxygens (including phenoxy) is 1. The Hall–Kier alpha value is -0.570. The molecule has 192 valence electrons. The topological polar surface area (TPSA) is 29.5 Å². The number of nitrogens with zero attached hydrogens (tertiary/aromatic N) is 1. The molecule has 0 heterocycles. The number of unbranched alkanes of at least 4 members (excludes halogenated alkanes) is 18. The zero-order valence-corrected chi connectivity index (χ0v) is 22.4. The largest absolute Gasteiger partial charge is 0.465 e. The lowest BCUT2D eigenvalue weighted by molar-refractivity contribution is -0.145. The molecule has 3 heteroatoms. The zero-order chi connectivity index (χ0) is 23.5. The Labute approximate surface area is 202 Å². The summed E-state index contributed by atoms with van der Waals surface area (Å²) >= 11 is 0. The van der Waals surface area contributed by atoms with Crippen molar-refractivity contribution in [3.8, 4) is 0 Å². The lowest BCUT2D eigenvalue weighted by Gasteiger charge is -2.21. The van der Waals surface area contributed by atoms with E-state index in [4.69, 9.17) is 4.74 Å². The van der Waals surface area contributed by atoms with Crippen LogP contribution >= 0.6 is 0 Å². The predicted molar refractivity (Wildman–Crippen MR) is 141 cm³/mol. The SMILES string of the molecule is CCCCCCCCCCN(CCCCCCCCCC)CC(=O)OCCCCCCC. The molecule has 0 bridgehead atoms. The van der Waals surface area contributed by atoms with Crippen molar-refractivity contribution in [2.45, 2.75) is 156 Å². The van der Waals surface area contributed by atoms with Crippen LogP contribution in [-0.2, 0) is 9.53 Å². The maximum Gasteiger partial charge on any atom is 0.320 e. The average molecular weight is 454 g/mol. The number of carbonyl (C=O) groups is 1. The van der Waals surface area contributed by atoms with E-state index < -0.39 is 0 Å². The fraction of sp³-hybridized carbons (Fsp3) is 0.966. The van der Waals surface area contributed by atoms with Gasteiger partial charge in [0.25, 0.3) is 0 Å². The van der Waals surface area contributed by atoms with Gasteiger partial charge in [-0.15, -0.1) is 0 Å². The van der Waals surface area contributed by atoms with Crippen molar-refractivity contribution in [3.05, 3.63) is 0 Å². The highest BCUT2D eigenvalue weighted by atomic mass is 16.5. The summed E-state index contributed by atoms with van der Waals surface area (Å²) in [4.78, 5) is 14.7. The number of rotatable bonds is 26. The first kappa shape index (κ1) is 31.4. The van der Waals surface area contributed by atoms with Gasteiger partial charge in [-0.05, 0) is 32.4 Å². The second kappa shape index (κ2) is 26.7. The Morgan fingerprint density at radius 2 is 0.844 bits per heavy atom. The standard InChI is InChI=1S/C29H59NO2/c1-4-7-10-13-15-17-19-22-25-30(26-23-20-18-16-14-11-8-5-2)28-29(31)32-27-24-21-12-9-6-3/h4-28H2,1-3H3. The Bertz CT molecular complexity index is 352. The summed E-state index contributed by atoms with van der Waals surface area (Å²) in [7, 11) is 0. The third-order valence-electron chi connectivity index (χ3n) is 6.52. The van der Waals surface area contributed by atoms with E-state index in [9.17, 15) is 4.79 Å². The summed E-state index contributed by atoms with van der Waals surface area (Å²) in [6.07, 6.45) is 27.4. The maximum absolute atomic E-state index is 12.3. The monoisotopic (exact) mass is 453 g/mol. The van der Waals surface area contributed by atoms with Crippen LogP contribution in [0.2, 0.25) is 0 Å². The van der Waals surface area contributed by atoms with E-state index in [-0.39, 0.29) is 5.97 Å². The number of hydrogen-bond donors (Lipinski definition) is 0. The molecule has 0 unspecified atom stereocenters. The molecule has 3 nitrogen and oxygen atoms in total. The van der Waals surface area contributed by atoms with Crippen LogP contribution < -0.4 is 0 Å². The van der Waals surface area contributed by atoms with Gasteiger partial charge >= 0.3 is 5.97 Å². The zero-order valence-electron chi connectivity index (χ0n) is 22.4. The summed E-state index contributed by atoms with van der Waals surface area (Å²) in [5.41, 5.74) is 0. The third-order valence-corrected chi connectivity index (χ3v) is 6.52. The molecule has 32 heavy (non-hydrogen) atoms. The van der Waals surface area contributed by atoms with Gasteiger partial charge in [-0.1, -0.05) is 136 Å². The summed E-state index contributed by atoms with van der Waals surface area (Å²) < 4.78 is 5.54. The molecule has 0 aliphatic carbocycles. The Balaban J connectivity index is 4.02. The molecule has 0 fully saturated rings. The first-order valence-electron chi connectivity index (χ1n) is 14.6. The minimum atomic E-state index is -0.0142. The maximum atomic E-state index is 12.3. The van der Waals surface area contributed by atoms with Gasteiger partial charge in [-0.25, -0.2) is 0 Å². The van der Waals surface area contributed by atoms with E-state index in [2.05, 4.69) is 25.7 Å². The molecule has 0 spiro atoms. The van der Waals surface area contributed by atoms with Crippen LogP contribution in [0, 0.1) is 0 Å². The highest BCUT2D eigenvalue weighted by Crippen LogP contribution is 2.11. The number of carbonyl (C=O) groups excluding carboxylic acids is 1. The van der Waals surface area contributed by atoms with Gasteiger partial charge in [0.1, 0.15) is 0 Å². The van der Waals surface area contributed by atoms with Crippen LogP contribution in [-0.4, -0.2) is 37.1 Å². The fourth-order valence-corrected chi connectivity index (χ4v) is 4.33. The van der Waals surface area contributed by atoms with E-state index in [0.29, 0.717) is 13.2 Å². The fourth-order valence-electron chi connectivity index (χ4n) is 4.33. The normalized spacial score (nSPS) is 11.4. The van der Waals surface area contributed by atoms with Crippen LogP contribution in [0.4, 0.5) is 0 Å². The predicted octanol–water partition coefficient (Wildman–Crippen LogP) is 9.08. The molecule has 0 amide bonds. The van der Waals surface area contributed by atoms with Gasteiger partial charge in [-0.2, -0.15) is 0 Å². The first-order chi connectivity index (χ1) is 15.7. The molecular formula is C29H59NO2. The van der Waals surface area contributed by atoms with E-state index in [1.54, 1.807) is 0 Å². The van der Waals surface area contributed by atoms with Crippen molar-refractivity contribution < 1.29 is 9.53 Å². The highest BCUT2D eigenvalue weighted by molar-refractivity contribution is 5.71. The molecule has 0 saturated carbocycles. The molecule has 0 radical (unpaired) electrons. The smallest absolute Gasteiger partial charge is 0.320 e. The lowest BCUT2D eigenvalue weighted by Crippen LogP contribution is -2.33. The van der Waals surface area contributed by atoms with Gasteiger partial charge in [0.05, 0.1) is 13.2 Å². The van der Waals surface area contributed by atoms with Crippen molar-refractivity contribution in [2.24, 2.45) is 0 Å². The lowest BCUT2D eigenvalue weighted by atomic mass is 10.1. The van der Waals surface area contributed by atoms with Crippen molar-refractivity contribution in [2.75, 3.05) is 26.2 Å². The van der Waals surface area contributed by atoms with Crippen LogP contribution in [0.5, 0.6) is 0 Å². The summed E-state index contributed by atoms with van der Waals surface area (Å²) in [6, 6.07) is 0. The average Bonchev–Trinajstić information content (AvgIpc) is 2.79.